The highest BCUT2D eigenvalue weighted by Crippen LogP contribution is 2.31. The molecule has 2 heterocycles. The summed E-state index contributed by atoms with van der Waals surface area (Å²) >= 11 is 0. The molecule has 9 heteroatoms. The third-order valence-corrected chi connectivity index (χ3v) is 5.58. The molecule has 1 aromatic heterocycles. The molecule has 2 amide bonds. The van der Waals surface area contributed by atoms with Crippen LogP contribution in [0.1, 0.15) is 25.2 Å². The number of hydrogen-bond donors (Lipinski definition) is 1. The summed E-state index contributed by atoms with van der Waals surface area (Å²) in [4.78, 5) is 31.6. The summed E-state index contributed by atoms with van der Waals surface area (Å²) in [7, 11) is 3.12. The minimum Gasteiger partial charge on any atom is -0.493 e. The average Bonchev–Trinajstić information content (AvgIpc) is 3.53. The maximum absolute atomic E-state index is 12.8. The van der Waals surface area contributed by atoms with Crippen molar-refractivity contribution in [1.29, 1.82) is 0 Å². The first-order valence-corrected chi connectivity index (χ1v) is 10.8. The van der Waals surface area contributed by atoms with Crippen molar-refractivity contribution >= 4 is 17.5 Å². The van der Waals surface area contributed by atoms with Crippen LogP contribution in [0.4, 0.5) is 5.69 Å². The topological polar surface area (TPSA) is 107 Å². The number of ether oxygens (including phenoxy) is 2. The first-order valence-electron chi connectivity index (χ1n) is 10.8. The van der Waals surface area contributed by atoms with E-state index < -0.39 is 6.04 Å². The van der Waals surface area contributed by atoms with Crippen LogP contribution in [0, 0.1) is 0 Å². The highest BCUT2D eigenvalue weighted by molar-refractivity contribution is 5.97. The van der Waals surface area contributed by atoms with Gasteiger partial charge in [-0.25, -0.2) is 0 Å². The molecule has 1 N–H and O–H groups in total. The van der Waals surface area contributed by atoms with Crippen molar-refractivity contribution in [2.75, 3.05) is 26.1 Å². The van der Waals surface area contributed by atoms with E-state index in [1.807, 2.05) is 30.3 Å². The fourth-order valence-corrected chi connectivity index (χ4v) is 3.89. The zero-order valence-corrected chi connectivity index (χ0v) is 18.6. The van der Waals surface area contributed by atoms with Crippen LogP contribution in [0.2, 0.25) is 0 Å². The van der Waals surface area contributed by atoms with Gasteiger partial charge in [-0.05, 0) is 43.2 Å². The van der Waals surface area contributed by atoms with Gasteiger partial charge in [-0.15, -0.1) is 0 Å². The first kappa shape index (κ1) is 22.3. The first-order chi connectivity index (χ1) is 16.1. The van der Waals surface area contributed by atoms with Gasteiger partial charge >= 0.3 is 0 Å². The zero-order valence-electron chi connectivity index (χ0n) is 18.6. The Morgan fingerprint density at radius 3 is 2.67 bits per heavy atom. The second-order valence-electron chi connectivity index (χ2n) is 7.68. The van der Waals surface area contributed by atoms with Gasteiger partial charge in [0.15, 0.2) is 11.5 Å². The lowest BCUT2D eigenvalue weighted by atomic mass is 10.2. The van der Waals surface area contributed by atoms with Crippen LogP contribution in [-0.2, 0) is 16.0 Å². The molecule has 9 nitrogen and oxygen atoms in total. The Bertz CT molecular complexity index is 1120. The van der Waals surface area contributed by atoms with E-state index >= 15 is 0 Å². The van der Waals surface area contributed by atoms with Gasteiger partial charge in [0, 0.05) is 30.6 Å². The lowest BCUT2D eigenvalue weighted by Gasteiger charge is -2.23. The van der Waals surface area contributed by atoms with Crippen molar-refractivity contribution in [3.8, 4) is 22.9 Å². The summed E-state index contributed by atoms with van der Waals surface area (Å²) < 4.78 is 15.9. The van der Waals surface area contributed by atoms with Crippen LogP contribution >= 0.6 is 0 Å². The number of para-hydroxylation sites is 1. The van der Waals surface area contributed by atoms with Gasteiger partial charge in [0.25, 0.3) is 0 Å². The number of anilines is 1. The Labute approximate surface area is 191 Å². The minimum absolute atomic E-state index is 0.105. The lowest BCUT2D eigenvalue weighted by Crippen LogP contribution is -2.43. The van der Waals surface area contributed by atoms with Crippen LogP contribution in [0.25, 0.3) is 11.4 Å². The van der Waals surface area contributed by atoms with E-state index in [1.165, 1.54) is 0 Å². The van der Waals surface area contributed by atoms with Crippen molar-refractivity contribution in [3.63, 3.8) is 0 Å². The fourth-order valence-electron chi connectivity index (χ4n) is 3.89. The van der Waals surface area contributed by atoms with Gasteiger partial charge < -0.3 is 24.2 Å². The molecule has 1 atom stereocenters. The number of rotatable bonds is 8. The Morgan fingerprint density at radius 1 is 1.12 bits per heavy atom. The summed E-state index contributed by atoms with van der Waals surface area (Å²) in [5, 5.41) is 6.90. The molecular weight excluding hydrogens is 424 g/mol. The number of carbonyl (C=O) groups is 2. The Kier molecular flexibility index (Phi) is 6.87. The van der Waals surface area contributed by atoms with Crippen LogP contribution in [0.15, 0.2) is 53.1 Å². The molecule has 0 aliphatic carbocycles. The molecule has 0 saturated carbocycles. The fraction of sp³-hybridized carbons (Fsp3) is 0.333. The quantitative estimate of drug-likeness (QED) is 0.561. The van der Waals surface area contributed by atoms with Gasteiger partial charge in [-0.3, -0.25) is 9.59 Å². The highest BCUT2D eigenvalue weighted by Gasteiger charge is 2.34. The van der Waals surface area contributed by atoms with Crippen LogP contribution in [0.3, 0.4) is 0 Å². The van der Waals surface area contributed by atoms with E-state index in [-0.39, 0.29) is 18.2 Å². The van der Waals surface area contributed by atoms with Crippen LogP contribution in [-0.4, -0.2) is 53.7 Å². The number of methoxy groups -OCH3 is 2. The molecule has 172 valence electrons. The minimum atomic E-state index is -0.470. The van der Waals surface area contributed by atoms with Crippen molar-refractivity contribution in [3.05, 3.63) is 54.4 Å². The number of amides is 2. The summed E-state index contributed by atoms with van der Waals surface area (Å²) in [5.74, 6) is 1.65. The molecule has 0 radical (unpaired) electrons. The number of likely N-dealkylation sites (tertiary alicyclic amines) is 1. The van der Waals surface area contributed by atoms with Crippen molar-refractivity contribution in [1.82, 2.24) is 15.0 Å². The van der Waals surface area contributed by atoms with E-state index in [9.17, 15) is 9.59 Å². The Morgan fingerprint density at radius 2 is 1.91 bits per heavy atom. The van der Waals surface area contributed by atoms with E-state index in [0.29, 0.717) is 48.2 Å². The normalized spacial score (nSPS) is 15.3. The molecular formula is C24H26N4O5. The van der Waals surface area contributed by atoms with Crippen molar-refractivity contribution in [2.24, 2.45) is 0 Å². The van der Waals surface area contributed by atoms with E-state index in [4.69, 9.17) is 14.0 Å². The number of nitrogens with one attached hydrogen (secondary N) is 1. The third-order valence-electron chi connectivity index (χ3n) is 5.58. The molecule has 2 aromatic carbocycles. The number of aromatic nitrogens is 2. The highest BCUT2D eigenvalue weighted by atomic mass is 16.5. The number of nitrogens with zero attached hydrogens (tertiary/aromatic N) is 3. The largest absolute Gasteiger partial charge is 0.493 e. The molecule has 4 rings (SSSR count). The summed E-state index contributed by atoms with van der Waals surface area (Å²) in [5.41, 5.74) is 1.43. The van der Waals surface area contributed by atoms with Crippen LogP contribution in [0.5, 0.6) is 11.5 Å². The number of benzene rings is 2. The number of hydrogen-bond acceptors (Lipinski definition) is 7. The van der Waals surface area contributed by atoms with Crippen molar-refractivity contribution in [2.45, 2.75) is 31.7 Å². The second kappa shape index (κ2) is 10.2. The van der Waals surface area contributed by atoms with Gasteiger partial charge in [0.1, 0.15) is 6.04 Å². The standard InChI is InChI=1S/C24H26N4O5/c1-31-19-11-10-16(15-20(19)32-2)23-26-21(33-27-23)12-13-22(29)28-14-6-9-18(28)24(30)25-17-7-4-3-5-8-17/h3-5,7-8,10-11,15,18H,6,9,12-14H2,1-2H3,(H,25,30). The monoisotopic (exact) mass is 450 g/mol. The summed E-state index contributed by atoms with van der Waals surface area (Å²) in [6, 6.07) is 14.1. The second-order valence-corrected chi connectivity index (χ2v) is 7.68. The van der Waals surface area contributed by atoms with Gasteiger partial charge in [-0.1, -0.05) is 23.4 Å². The summed E-state index contributed by atoms with van der Waals surface area (Å²) in [6.45, 7) is 0.562. The Hall–Kier alpha value is -3.88. The third kappa shape index (κ3) is 5.14. The molecule has 0 spiro atoms. The molecule has 1 fully saturated rings. The lowest BCUT2D eigenvalue weighted by molar-refractivity contribution is -0.136. The maximum atomic E-state index is 12.8. The van der Waals surface area contributed by atoms with E-state index in [0.717, 1.165) is 12.1 Å². The number of carbonyl (C=O) groups excluding carboxylic acids is 2. The molecule has 1 aliphatic rings. The molecule has 1 unspecified atom stereocenters. The predicted octanol–water partition coefficient (Wildman–Crippen LogP) is 3.32. The Balaban J connectivity index is 1.36. The van der Waals surface area contributed by atoms with Gasteiger partial charge in [-0.2, -0.15) is 4.98 Å². The predicted molar refractivity (Wildman–Crippen MR) is 121 cm³/mol. The number of aryl methyl sites for hydroxylation is 1. The molecule has 1 aliphatic heterocycles. The van der Waals surface area contributed by atoms with E-state index in [2.05, 4.69) is 15.5 Å². The summed E-state index contributed by atoms with van der Waals surface area (Å²) in [6.07, 6.45) is 1.92. The van der Waals surface area contributed by atoms with Crippen molar-refractivity contribution < 1.29 is 23.6 Å². The molecule has 33 heavy (non-hydrogen) atoms. The van der Waals surface area contributed by atoms with Crippen LogP contribution < -0.4 is 14.8 Å². The smallest absolute Gasteiger partial charge is 0.247 e. The molecule has 1 saturated heterocycles. The zero-order chi connectivity index (χ0) is 23.2. The van der Waals surface area contributed by atoms with Gasteiger partial charge in [0.2, 0.25) is 23.5 Å². The molecule has 0 bridgehead atoms. The average molecular weight is 450 g/mol. The van der Waals surface area contributed by atoms with E-state index in [1.54, 1.807) is 37.3 Å². The molecule has 3 aromatic rings. The SMILES string of the molecule is COc1ccc(-c2noc(CCC(=O)N3CCCC3C(=O)Nc3ccccc3)n2)cc1OC. The maximum Gasteiger partial charge on any atom is 0.247 e. The van der Waals surface area contributed by atoms with Gasteiger partial charge in [0.05, 0.1) is 14.2 Å².